The summed E-state index contributed by atoms with van der Waals surface area (Å²) in [5, 5.41) is 2.98. The topological polar surface area (TPSA) is 55.1 Å². The van der Waals surface area contributed by atoms with Crippen LogP contribution in [0.25, 0.3) is 0 Å². The number of benzene rings is 1. The van der Waals surface area contributed by atoms with E-state index in [2.05, 4.69) is 31.3 Å². The van der Waals surface area contributed by atoms with Crippen molar-refractivity contribution in [3.8, 4) is 0 Å². The van der Waals surface area contributed by atoms with Gasteiger partial charge in [0.2, 0.25) is 5.91 Å². The molecule has 0 aliphatic carbocycles. The highest BCUT2D eigenvalue weighted by Crippen LogP contribution is 2.21. The predicted molar refractivity (Wildman–Crippen MR) is 75.4 cm³/mol. The molecule has 0 aromatic heterocycles. The normalized spacial score (nSPS) is 13.1. The second-order valence-corrected chi connectivity index (χ2v) is 5.54. The Labute approximate surface area is 110 Å². The highest BCUT2D eigenvalue weighted by atomic mass is 16.1. The van der Waals surface area contributed by atoms with E-state index in [-0.39, 0.29) is 17.4 Å². The molecule has 0 bridgehead atoms. The van der Waals surface area contributed by atoms with Crippen molar-refractivity contribution in [3.63, 3.8) is 0 Å². The van der Waals surface area contributed by atoms with Crippen molar-refractivity contribution < 1.29 is 4.79 Å². The fourth-order valence-electron chi connectivity index (χ4n) is 1.76. The first-order chi connectivity index (χ1) is 8.42. The van der Waals surface area contributed by atoms with Crippen molar-refractivity contribution in [2.45, 2.75) is 45.1 Å². The Morgan fingerprint density at radius 2 is 1.94 bits per heavy atom. The zero-order valence-electron chi connectivity index (χ0n) is 11.6. The number of carbonyl (C=O) groups is 1. The van der Waals surface area contributed by atoms with Gasteiger partial charge < -0.3 is 11.1 Å². The van der Waals surface area contributed by atoms with E-state index in [0.717, 1.165) is 6.42 Å². The van der Waals surface area contributed by atoms with Gasteiger partial charge in [-0.25, -0.2) is 0 Å². The van der Waals surface area contributed by atoms with Crippen molar-refractivity contribution >= 4 is 5.91 Å². The molecular formula is C15H24N2O. The number of rotatable bonds is 6. The number of hydrogen-bond donors (Lipinski definition) is 2. The lowest BCUT2D eigenvalue weighted by Gasteiger charge is -2.25. The van der Waals surface area contributed by atoms with Gasteiger partial charge in [-0.05, 0) is 18.9 Å². The third-order valence-electron chi connectivity index (χ3n) is 3.11. The average molecular weight is 248 g/mol. The van der Waals surface area contributed by atoms with Crippen LogP contribution in [0.5, 0.6) is 0 Å². The van der Waals surface area contributed by atoms with Crippen molar-refractivity contribution in [2.75, 3.05) is 6.54 Å². The van der Waals surface area contributed by atoms with Gasteiger partial charge in [0.1, 0.15) is 0 Å². The first-order valence-corrected chi connectivity index (χ1v) is 6.49. The predicted octanol–water partition coefficient (Wildman–Crippen LogP) is 2.21. The number of nitrogens with one attached hydrogen (secondary N) is 1. The molecule has 1 aromatic carbocycles. The van der Waals surface area contributed by atoms with E-state index in [1.165, 1.54) is 5.56 Å². The van der Waals surface area contributed by atoms with E-state index in [1.807, 2.05) is 25.1 Å². The third kappa shape index (κ3) is 4.88. The molecule has 0 aliphatic rings. The van der Waals surface area contributed by atoms with Gasteiger partial charge in [0.15, 0.2) is 0 Å². The summed E-state index contributed by atoms with van der Waals surface area (Å²) in [6.45, 7) is 6.83. The third-order valence-corrected chi connectivity index (χ3v) is 3.11. The summed E-state index contributed by atoms with van der Waals surface area (Å²) < 4.78 is 0. The fraction of sp³-hybridized carbons (Fsp3) is 0.533. The molecular weight excluding hydrogens is 224 g/mol. The van der Waals surface area contributed by atoms with Crippen LogP contribution in [0.3, 0.4) is 0 Å². The summed E-state index contributed by atoms with van der Waals surface area (Å²) in [5.41, 5.74) is 6.82. The second kappa shape index (κ2) is 6.55. The van der Waals surface area contributed by atoms with Gasteiger partial charge in [0, 0.05) is 24.4 Å². The van der Waals surface area contributed by atoms with Crippen LogP contribution >= 0.6 is 0 Å². The zero-order chi connectivity index (χ0) is 13.6. The van der Waals surface area contributed by atoms with Gasteiger partial charge in [-0.2, -0.15) is 0 Å². The van der Waals surface area contributed by atoms with E-state index in [4.69, 9.17) is 5.73 Å². The molecule has 1 amide bonds. The lowest BCUT2D eigenvalue weighted by Crippen LogP contribution is -2.37. The lowest BCUT2D eigenvalue weighted by molar-refractivity contribution is -0.121. The SMILES string of the molecule is CC(N)CCC(=O)NCC(C)(C)c1ccccc1. The maximum absolute atomic E-state index is 11.7. The van der Waals surface area contributed by atoms with Crippen LogP contribution in [0.2, 0.25) is 0 Å². The molecule has 0 fully saturated rings. The van der Waals surface area contributed by atoms with Crippen LogP contribution in [0.15, 0.2) is 30.3 Å². The molecule has 1 unspecified atom stereocenters. The maximum atomic E-state index is 11.7. The Morgan fingerprint density at radius 3 is 2.50 bits per heavy atom. The molecule has 18 heavy (non-hydrogen) atoms. The van der Waals surface area contributed by atoms with E-state index < -0.39 is 0 Å². The van der Waals surface area contributed by atoms with Crippen LogP contribution in [0.1, 0.15) is 39.2 Å². The summed E-state index contributed by atoms with van der Waals surface area (Å²) in [6.07, 6.45) is 1.24. The Balaban J connectivity index is 2.45. The Morgan fingerprint density at radius 1 is 1.33 bits per heavy atom. The van der Waals surface area contributed by atoms with Crippen molar-refractivity contribution in [2.24, 2.45) is 5.73 Å². The van der Waals surface area contributed by atoms with Gasteiger partial charge in [0.05, 0.1) is 0 Å². The van der Waals surface area contributed by atoms with Gasteiger partial charge in [-0.15, -0.1) is 0 Å². The maximum Gasteiger partial charge on any atom is 0.220 e. The largest absolute Gasteiger partial charge is 0.355 e. The van der Waals surface area contributed by atoms with Gasteiger partial charge in [0.25, 0.3) is 0 Å². The van der Waals surface area contributed by atoms with Gasteiger partial charge >= 0.3 is 0 Å². The number of amides is 1. The molecule has 0 spiro atoms. The summed E-state index contributed by atoms with van der Waals surface area (Å²) in [5.74, 6) is 0.0799. The molecule has 1 atom stereocenters. The molecule has 3 N–H and O–H groups in total. The monoisotopic (exact) mass is 248 g/mol. The molecule has 0 saturated heterocycles. The van der Waals surface area contributed by atoms with E-state index in [1.54, 1.807) is 0 Å². The molecule has 1 aromatic rings. The number of carbonyl (C=O) groups excluding carboxylic acids is 1. The second-order valence-electron chi connectivity index (χ2n) is 5.54. The highest BCUT2D eigenvalue weighted by Gasteiger charge is 2.20. The van der Waals surface area contributed by atoms with Crippen molar-refractivity contribution in [3.05, 3.63) is 35.9 Å². The van der Waals surface area contributed by atoms with Crippen LogP contribution in [-0.2, 0) is 10.2 Å². The number of hydrogen-bond acceptors (Lipinski definition) is 2. The minimum atomic E-state index is -0.0503. The van der Waals surface area contributed by atoms with E-state index in [9.17, 15) is 4.79 Å². The Hall–Kier alpha value is -1.35. The average Bonchev–Trinajstić information content (AvgIpc) is 2.35. The van der Waals surface area contributed by atoms with Crippen LogP contribution in [0.4, 0.5) is 0 Å². The number of nitrogens with two attached hydrogens (primary N) is 1. The fourth-order valence-corrected chi connectivity index (χ4v) is 1.76. The molecule has 3 heteroatoms. The molecule has 0 heterocycles. The van der Waals surface area contributed by atoms with Crippen LogP contribution < -0.4 is 11.1 Å². The standard InChI is InChI=1S/C15H24N2O/c1-12(16)9-10-14(18)17-11-15(2,3)13-7-5-4-6-8-13/h4-8,12H,9-11,16H2,1-3H3,(H,17,18). The molecule has 0 aliphatic heterocycles. The minimum absolute atomic E-state index is 0.0503. The summed E-state index contributed by atoms with van der Waals surface area (Å²) in [6, 6.07) is 10.3. The van der Waals surface area contributed by atoms with E-state index in [0.29, 0.717) is 13.0 Å². The molecule has 1 rings (SSSR count). The van der Waals surface area contributed by atoms with Crippen molar-refractivity contribution in [1.29, 1.82) is 0 Å². The first-order valence-electron chi connectivity index (χ1n) is 6.49. The minimum Gasteiger partial charge on any atom is -0.355 e. The summed E-state index contributed by atoms with van der Waals surface area (Å²) in [7, 11) is 0. The Kier molecular flexibility index (Phi) is 5.35. The van der Waals surface area contributed by atoms with Gasteiger partial charge in [-0.3, -0.25) is 4.79 Å². The first kappa shape index (κ1) is 14.7. The smallest absolute Gasteiger partial charge is 0.220 e. The zero-order valence-corrected chi connectivity index (χ0v) is 11.6. The Bertz CT molecular complexity index is 371. The van der Waals surface area contributed by atoms with Crippen molar-refractivity contribution in [1.82, 2.24) is 5.32 Å². The van der Waals surface area contributed by atoms with Gasteiger partial charge in [-0.1, -0.05) is 44.2 Å². The highest BCUT2D eigenvalue weighted by molar-refractivity contribution is 5.76. The molecule has 0 saturated carbocycles. The van der Waals surface area contributed by atoms with Crippen LogP contribution in [-0.4, -0.2) is 18.5 Å². The molecule has 0 radical (unpaired) electrons. The molecule has 100 valence electrons. The van der Waals surface area contributed by atoms with E-state index >= 15 is 0 Å². The summed E-state index contributed by atoms with van der Waals surface area (Å²) in [4.78, 5) is 11.7. The lowest BCUT2D eigenvalue weighted by atomic mass is 9.84. The summed E-state index contributed by atoms with van der Waals surface area (Å²) >= 11 is 0. The quantitative estimate of drug-likeness (QED) is 0.811. The molecule has 3 nitrogen and oxygen atoms in total. The van der Waals surface area contributed by atoms with Crippen LogP contribution in [0, 0.1) is 0 Å².